The van der Waals surface area contributed by atoms with Crippen molar-refractivity contribution in [1.29, 1.82) is 0 Å². The number of halogens is 2. The number of allylic oxidation sites excluding steroid dienone is 1. The summed E-state index contributed by atoms with van der Waals surface area (Å²) in [5, 5.41) is 8.31. The van der Waals surface area contributed by atoms with Crippen LogP contribution in [0.2, 0.25) is 0 Å². The lowest BCUT2D eigenvalue weighted by atomic mass is 10.1. The van der Waals surface area contributed by atoms with Crippen molar-refractivity contribution < 1.29 is 8.78 Å². The first-order valence-corrected chi connectivity index (χ1v) is 8.96. The quantitative estimate of drug-likeness (QED) is 0.546. The molecule has 1 N–H and O–H groups in total. The minimum absolute atomic E-state index is 0.0225. The van der Waals surface area contributed by atoms with Gasteiger partial charge in [0.15, 0.2) is 5.82 Å². The van der Waals surface area contributed by atoms with E-state index in [1.807, 2.05) is 25.1 Å². The van der Waals surface area contributed by atoms with Crippen LogP contribution < -0.4 is 5.32 Å². The molecule has 0 saturated carbocycles. The van der Waals surface area contributed by atoms with Crippen LogP contribution in [0.4, 0.5) is 8.78 Å². The van der Waals surface area contributed by atoms with Crippen LogP contribution in [-0.4, -0.2) is 14.8 Å². The fraction of sp³-hybridized carbons (Fsp3) is 0.0909. The predicted octanol–water partition coefficient (Wildman–Crippen LogP) is 4.83. The second kappa shape index (κ2) is 6.27. The van der Waals surface area contributed by atoms with E-state index < -0.39 is 11.6 Å². The van der Waals surface area contributed by atoms with Gasteiger partial charge in [0.2, 0.25) is 0 Å². The Labute approximate surface area is 160 Å². The van der Waals surface area contributed by atoms with E-state index in [1.165, 1.54) is 12.1 Å². The van der Waals surface area contributed by atoms with Gasteiger partial charge in [-0.1, -0.05) is 30.3 Å². The summed E-state index contributed by atoms with van der Waals surface area (Å²) in [6.45, 7) is 2.58. The van der Waals surface area contributed by atoms with Crippen LogP contribution in [0.15, 0.2) is 60.4 Å². The minimum atomic E-state index is -0.598. The van der Waals surface area contributed by atoms with Crippen molar-refractivity contribution >= 4 is 17.0 Å². The molecular formula is C22H16F2N4. The molecule has 28 heavy (non-hydrogen) atoms. The molecule has 6 heteroatoms. The summed E-state index contributed by atoms with van der Waals surface area (Å²) in [4.78, 5) is 4.42. The summed E-state index contributed by atoms with van der Waals surface area (Å²) < 4.78 is 31.8. The summed E-state index contributed by atoms with van der Waals surface area (Å²) in [6.07, 6.45) is 3.66. The third kappa shape index (κ3) is 2.49. The average molecular weight is 374 g/mol. The van der Waals surface area contributed by atoms with E-state index in [1.54, 1.807) is 35.1 Å². The zero-order valence-corrected chi connectivity index (χ0v) is 15.1. The molecule has 0 atom stereocenters. The van der Waals surface area contributed by atoms with Crippen LogP contribution >= 0.6 is 0 Å². The molecule has 138 valence electrons. The zero-order valence-electron chi connectivity index (χ0n) is 15.1. The maximum atomic E-state index is 15.8. The van der Waals surface area contributed by atoms with Crippen LogP contribution in [-0.2, 0) is 6.54 Å². The number of nitrogens with one attached hydrogen (secondary N) is 1. The number of benzene rings is 2. The summed E-state index contributed by atoms with van der Waals surface area (Å²) in [6, 6.07) is 13.3. The molecule has 2 aromatic heterocycles. The van der Waals surface area contributed by atoms with Gasteiger partial charge in [-0.2, -0.15) is 5.10 Å². The van der Waals surface area contributed by atoms with E-state index in [0.717, 1.165) is 17.0 Å². The Kier molecular flexibility index (Phi) is 3.72. The van der Waals surface area contributed by atoms with E-state index >= 15 is 4.39 Å². The minimum Gasteiger partial charge on any atom is -0.384 e. The summed E-state index contributed by atoms with van der Waals surface area (Å²) in [5.74, 6) is -1.11. The molecule has 4 nitrogen and oxygen atoms in total. The molecule has 0 radical (unpaired) electrons. The number of para-hydroxylation sites is 1. The average Bonchev–Trinajstić information content (AvgIpc) is 3.11. The van der Waals surface area contributed by atoms with Crippen molar-refractivity contribution in [3.8, 4) is 16.9 Å². The molecule has 5 rings (SSSR count). The molecule has 0 fully saturated rings. The van der Waals surface area contributed by atoms with Crippen molar-refractivity contribution in [3.05, 3.63) is 83.3 Å². The van der Waals surface area contributed by atoms with E-state index in [4.69, 9.17) is 0 Å². The first-order valence-electron chi connectivity index (χ1n) is 8.96. The lowest BCUT2D eigenvalue weighted by Gasteiger charge is -2.17. The number of nitrogens with zero attached hydrogens (tertiary/aromatic N) is 3. The van der Waals surface area contributed by atoms with Gasteiger partial charge in [0.25, 0.3) is 0 Å². The van der Waals surface area contributed by atoms with Gasteiger partial charge in [-0.15, -0.1) is 0 Å². The number of rotatable bonds is 2. The first kappa shape index (κ1) is 16.6. The van der Waals surface area contributed by atoms with Gasteiger partial charge in [-0.05, 0) is 31.2 Å². The highest BCUT2D eigenvalue weighted by atomic mass is 19.1. The molecule has 1 aliphatic rings. The molecule has 0 saturated heterocycles. The third-order valence-electron chi connectivity index (χ3n) is 4.95. The van der Waals surface area contributed by atoms with Gasteiger partial charge >= 0.3 is 0 Å². The Morgan fingerprint density at radius 1 is 1.04 bits per heavy atom. The van der Waals surface area contributed by atoms with Crippen LogP contribution in [0.1, 0.15) is 18.2 Å². The van der Waals surface area contributed by atoms with E-state index in [-0.39, 0.29) is 16.9 Å². The van der Waals surface area contributed by atoms with E-state index in [0.29, 0.717) is 17.4 Å². The molecule has 0 bridgehead atoms. The van der Waals surface area contributed by atoms with Gasteiger partial charge in [0.05, 0.1) is 17.4 Å². The monoisotopic (exact) mass is 374 g/mol. The van der Waals surface area contributed by atoms with Crippen molar-refractivity contribution in [2.45, 2.75) is 13.5 Å². The molecule has 2 aromatic carbocycles. The molecule has 0 aliphatic carbocycles. The van der Waals surface area contributed by atoms with Gasteiger partial charge in [-0.3, -0.25) is 0 Å². The fourth-order valence-electron chi connectivity index (χ4n) is 3.56. The third-order valence-corrected chi connectivity index (χ3v) is 4.95. The van der Waals surface area contributed by atoms with E-state index in [2.05, 4.69) is 15.4 Å². The largest absolute Gasteiger partial charge is 0.384 e. The molecule has 0 amide bonds. The number of pyridine rings is 1. The van der Waals surface area contributed by atoms with Gasteiger partial charge in [0.1, 0.15) is 17.2 Å². The Hall–Kier alpha value is -3.54. The number of aromatic nitrogens is 3. The van der Waals surface area contributed by atoms with Crippen LogP contribution in [0, 0.1) is 11.6 Å². The smallest absolute Gasteiger partial charge is 0.175 e. The molecule has 0 unspecified atom stereocenters. The number of hydrogen-bond donors (Lipinski definition) is 1. The van der Waals surface area contributed by atoms with Crippen molar-refractivity contribution in [2.75, 3.05) is 0 Å². The molecule has 3 heterocycles. The maximum Gasteiger partial charge on any atom is 0.175 e. The molecule has 0 spiro atoms. The Balaban J connectivity index is 1.87. The first-order chi connectivity index (χ1) is 13.6. The Morgan fingerprint density at radius 3 is 2.68 bits per heavy atom. The molecular weight excluding hydrogens is 358 g/mol. The maximum absolute atomic E-state index is 15.8. The SMILES string of the molecule is CC1=Cc2c(cnn2-c2c(F)c(-c3ccccc3F)nc3ccccc23)CN1. The Morgan fingerprint density at radius 2 is 1.82 bits per heavy atom. The Bertz CT molecular complexity index is 1260. The highest BCUT2D eigenvalue weighted by Crippen LogP contribution is 2.34. The van der Waals surface area contributed by atoms with Crippen molar-refractivity contribution in [1.82, 2.24) is 20.1 Å². The number of hydrogen-bond acceptors (Lipinski definition) is 3. The standard InChI is InChI=1S/C22H16F2N4/c1-13-10-19-14(11-25-13)12-26-28(19)22-16-7-3-5-9-18(16)27-21(20(22)24)15-6-2-4-8-17(15)23/h2-10,12,25H,11H2,1H3. The highest BCUT2D eigenvalue weighted by molar-refractivity contribution is 5.90. The predicted molar refractivity (Wildman–Crippen MR) is 105 cm³/mol. The van der Waals surface area contributed by atoms with E-state index in [9.17, 15) is 4.39 Å². The van der Waals surface area contributed by atoms with Gasteiger partial charge in [-0.25, -0.2) is 18.4 Å². The topological polar surface area (TPSA) is 42.7 Å². The van der Waals surface area contributed by atoms with Crippen molar-refractivity contribution in [2.24, 2.45) is 0 Å². The summed E-state index contributed by atoms with van der Waals surface area (Å²) in [7, 11) is 0. The fourth-order valence-corrected chi connectivity index (χ4v) is 3.56. The lowest BCUT2D eigenvalue weighted by molar-refractivity contribution is 0.602. The molecule has 4 aromatic rings. The second-order valence-electron chi connectivity index (χ2n) is 6.77. The lowest BCUT2D eigenvalue weighted by Crippen LogP contribution is -2.16. The summed E-state index contributed by atoms with van der Waals surface area (Å²) >= 11 is 0. The van der Waals surface area contributed by atoms with Gasteiger partial charge < -0.3 is 5.32 Å². The van der Waals surface area contributed by atoms with Gasteiger partial charge in [0, 0.05) is 28.8 Å². The zero-order chi connectivity index (χ0) is 19.3. The normalized spacial score (nSPS) is 13.2. The van der Waals surface area contributed by atoms with Crippen LogP contribution in [0.25, 0.3) is 33.9 Å². The second-order valence-corrected chi connectivity index (χ2v) is 6.77. The highest BCUT2D eigenvalue weighted by Gasteiger charge is 2.23. The van der Waals surface area contributed by atoms with Crippen LogP contribution in [0.5, 0.6) is 0 Å². The summed E-state index contributed by atoms with van der Waals surface area (Å²) in [5.41, 5.74) is 3.71. The van der Waals surface area contributed by atoms with Crippen LogP contribution in [0.3, 0.4) is 0 Å². The number of fused-ring (bicyclic) bond motifs is 2. The van der Waals surface area contributed by atoms with Crippen molar-refractivity contribution in [3.63, 3.8) is 0 Å². The molecule has 1 aliphatic heterocycles.